The van der Waals surface area contributed by atoms with Crippen LogP contribution in [0.4, 0.5) is 5.82 Å². The molecule has 0 bridgehead atoms. The van der Waals surface area contributed by atoms with Crippen molar-refractivity contribution < 1.29 is 4.79 Å². The Bertz CT molecular complexity index is 929. The first-order valence-electron chi connectivity index (χ1n) is 8.89. The fraction of sp³-hybridized carbons (Fsp3) is 0.300. The fourth-order valence-corrected chi connectivity index (χ4v) is 3.41. The summed E-state index contributed by atoms with van der Waals surface area (Å²) in [6, 6.07) is 12.1. The lowest BCUT2D eigenvalue weighted by Crippen LogP contribution is -2.42. The number of benzene rings is 1. The highest BCUT2D eigenvalue weighted by molar-refractivity contribution is 6.05. The van der Waals surface area contributed by atoms with Gasteiger partial charge in [-0.2, -0.15) is 0 Å². The van der Waals surface area contributed by atoms with Crippen LogP contribution in [0.3, 0.4) is 0 Å². The van der Waals surface area contributed by atoms with Gasteiger partial charge >= 0.3 is 0 Å². The smallest absolute Gasteiger partial charge is 0.273 e. The maximum atomic E-state index is 12.9. The van der Waals surface area contributed by atoms with Gasteiger partial charge in [-0.1, -0.05) is 24.3 Å². The molecule has 0 spiro atoms. The Morgan fingerprint density at radius 3 is 2.73 bits per heavy atom. The Balaban J connectivity index is 1.43. The van der Waals surface area contributed by atoms with Crippen molar-refractivity contribution in [2.45, 2.75) is 25.8 Å². The summed E-state index contributed by atoms with van der Waals surface area (Å²) in [6.45, 7) is 3.38. The molecule has 4 rings (SSSR count). The lowest BCUT2D eigenvalue weighted by Gasteiger charge is -2.32. The van der Waals surface area contributed by atoms with Gasteiger partial charge in [0.05, 0.1) is 0 Å². The highest BCUT2D eigenvalue weighted by atomic mass is 16.2. The summed E-state index contributed by atoms with van der Waals surface area (Å²) in [7, 11) is 0. The second-order valence-corrected chi connectivity index (χ2v) is 6.64. The van der Waals surface area contributed by atoms with Crippen LogP contribution in [-0.2, 0) is 0 Å². The number of hydrogen-bond donors (Lipinski definition) is 1. The van der Waals surface area contributed by atoms with Gasteiger partial charge in [-0.3, -0.25) is 9.78 Å². The standard InChI is InChI=1S/C20H21N5O/c1-14-12-18(23-13-22-14)24-16-7-10-25(11-8-16)20(26)19-17-5-3-2-4-15(17)6-9-21-19/h2-6,9,12-13,16H,7-8,10-11H2,1H3,(H,22,23,24). The first-order valence-corrected chi connectivity index (χ1v) is 8.89. The van der Waals surface area contributed by atoms with Crippen LogP contribution in [0.1, 0.15) is 29.0 Å². The minimum absolute atomic E-state index is 0.0122. The van der Waals surface area contributed by atoms with Gasteiger partial charge < -0.3 is 10.2 Å². The van der Waals surface area contributed by atoms with Crippen LogP contribution in [0.15, 0.2) is 48.9 Å². The van der Waals surface area contributed by atoms with Crippen LogP contribution in [0.5, 0.6) is 0 Å². The molecule has 1 amide bonds. The van der Waals surface area contributed by atoms with Gasteiger partial charge in [0, 0.05) is 42.5 Å². The molecular formula is C20H21N5O. The molecule has 1 aliphatic heterocycles. The molecule has 0 unspecified atom stereocenters. The second-order valence-electron chi connectivity index (χ2n) is 6.64. The average Bonchev–Trinajstić information content (AvgIpc) is 2.68. The predicted molar refractivity (Wildman–Crippen MR) is 101 cm³/mol. The molecule has 1 saturated heterocycles. The molecule has 1 N–H and O–H groups in total. The van der Waals surface area contributed by atoms with Crippen molar-refractivity contribution in [2.75, 3.05) is 18.4 Å². The highest BCUT2D eigenvalue weighted by Crippen LogP contribution is 2.21. The van der Waals surface area contributed by atoms with E-state index in [-0.39, 0.29) is 5.91 Å². The van der Waals surface area contributed by atoms with Crippen LogP contribution in [-0.4, -0.2) is 44.9 Å². The Labute approximate surface area is 152 Å². The number of amides is 1. The van der Waals surface area contributed by atoms with E-state index in [2.05, 4.69) is 20.3 Å². The first-order chi connectivity index (χ1) is 12.7. The molecule has 0 atom stereocenters. The number of carbonyl (C=O) groups is 1. The van der Waals surface area contributed by atoms with Crippen molar-refractivity contribution in [1.29, 1.82) is 0 Å². The lowest BCUT2D eigenvalue weighted by atomic mass is 10.0. The molecule has 132 valence electrons. The largest absolute Gasteiger partial charge is 0.367 e. The molecule has 1 aromatic carbocycles. The van der Waals surface area contributed by atoms with E-state index in [1.165, 1.54) is 0 Å². The molecule has 1 fully saturated rings. The van der Waals surface area contributed by atoms with Gasteiger partial charge in [0.2, 0.25) is 0 Å². The number of hydrogen-bond acceptors (Lipinski definition) is 5. The van der Waals surface area contributed by atoms with E-state index in [4.69, 9.17) is 0 Å². The summed E-state index contributed by atoms with van der Waals surface area (Å²) < 4.78 is 0. The summed E-state index contributed by atoms with van der Waals surface area (Å²) >= 11 is 0. The molecular weight excluding hydrogens is 326 g/mol. The molecule has 6 nitrogen and oxygen atoms in total. The maximum absolute atomic E-state index is 12.9. The van der Waals surface area contributed by atoms with Crippen LogP contribution >= 0.6 is 0 Å². The average molecular weight is 347 g/mol. The van der Waals surface area contributed by atoms with Crippen molar-refractivity contribution in [3.05, 3.63) is 60.3 Å². The number of carbonyl (C=O) groups excluding carboxylic acids is 1. The quantitative estimate of drug-likeness (QED) is 0.788. The van der Waals surface area contributed by atoms with Crippen molar-refractivity contribution >= 4 is 22.5 Å². The van der Waals surface area contributed by atoms with E-state index in [0.29, 0.717) is 24.8 Å². The third-order valence-electron chi connectivity index (χ3n) is 4.81. The van der Waals surface area contributed by atoms with Crippen molar-refractivity contribution in [2.24, 2.45) is 0 Å². The number of aromatic nitrogens is 3. The first kappa shape index (κ1) is 16.4. The van der Waals surface area contributed by atoms with Crippen molar-refractivity contribution in [3.63, 3.8) is 0 Å². The number of anilines is 1. The number of rotatable bonds is 3. The number of piperidine rings is 1. The summed E-state index contributed by atoms with van der Waals surface area (Å²) in [5.74, 6) is 0.858. The van der Waals surface area contributed by atoms with Gasteiger partial charge in [0.15, 0.2) is 0 Å². The number of likely N-dealkylation sites (tertiary alicyclic amines) is 1. The highest BCUT2D eigenvalue weighted by Gasteiger charge is 2.25. The molecule has 26 heavy (non-hydrogen) atoms. The predicted octanol–water partition coefficient (Wildman–Crippen LogP) is 3.05. The summed E-state index contributed by atoms with van der Waals surface area (Å²) in [5.41, 5.74) is 1.48. The topological polar surface area (TPSA) is 71.0 Å². The fourth-order valence-electron chi connectivity index (χ4n) is 3.41. The van der Waals surface area contributed by atoms with Crippen LogP contribution in [0, 0.1) is 6.92 Å². The van der Waals surface area contributed by atoms with E-state index >= 15 is 0 Å². The summed E-state index contributed by atoms with van der Waals surface area (Å²) in [6.07, 6.45) is 5.06. The van der Waals surface area contributed by atoms with E-state index in [9.17, 15) is 4.79 Å². The van der Waals surface area contributed by atoms with E-state index in [1.54, 1.807) is 12.5 Å². The van der Waals surface area contributed by atoms with E-state index < -0.39 is 0 Å². The van der Waals surface area contributed by atoms with Crippen molar-refractivity contribution in [3.8, 4) is 0 Å². The van der Waals surface area contributed by atoms with Gasteiger partial charge in [0.25, 0.3) is 5.91 Å². The lowest BCUT2D eigenvalue weighted by molar-refractivity contribution is 0.0714. The van der Waals surface area contributed by atoms with Crippen LogP contribution in [0.25, 0.3) is 10.8 Å². The number of pyridine rings is 1. The number of nitrogens with zero attached hydrogens (tertiary/aromatic N) is 4. The molecule has 3 aromatic rings. The molecule has 1 aliphatic rings. The Morgan fingerprint density at radius 2 is 1.92 bits per heavy atom. The molecule has 6 heteroatoms. The molecule has 0 saturated carbocycles. The molecule has 3 heterocycles. The Hall–Kier alpha value is -3.02. The summed E-state index contributed by atoms with van der Waals surface area (Å²) in [5, 5.41) is 5.40. The van der Waals surface area contributed by atoms with E-state index in [1.807, 2.05) is 48.2 Å². The third-order valence-corrected chi connectivity index (χ3v) is 4.81. The van der Waals surface area contributed by atoms with E-state index in [0.717, 1.165) is 35.1 Å². The Kier molecular flexibility index (Phi) is 4.48. The molecule has 2 aromatic heterocycles. The van der Waals surface area contributed by atoms with Crippen LogP contribution in [0.2, 0.25) is 0 Å². The zero-order valence-electron chi connectivity index (χ0n) is 14.7. The maximum Gasteiger partial charge on any atom is 0.273 e. The minimum Gasteiger partial charge on any atom is -0.367 e. The van der Waals surface area contributed by atoms with Crippen molar-refractivity contribution in [1.82, 2.24) is 19.9 Å². The molecule has 0 radical (unpaired) electrons. The SMILES string of the molecule is Cc1cc(NC2CCN(C(=O)c3nccc4ccccc34)CC2)ncn1. The minimum atomic E-state index is 0.0122. The van der Waals surface area contributed by atoms with Gasteiger partial charge in [-0.15, -0.1) is 0 Å². The zero-order valence-corrected chi connectivity index (χ0v) is 14.7. The number of nitrogens with one attached hydrogen (secondary N) is 1. The number of aryl methyl sites for hydroxylation is 1. The Morgan fingerprint density at radius 1 is 1.12 bits per heavy atom. The second kappa shape index (κ2) is 7.07. The zero-order chi connectivity index (χ0) is 17.9. The van der Waals surface area contributed by atoms with Gasteiger partial charge in [0.1, 0.15) is 17.8 Å². The van der Waals surface area contributed by atoms with Crippen LogP contribution < -0.4 is 5.32 Å². The molecule has 0 aliphatic carbocycles. The normalized spacial score (nSPS) is 15.2. The third kappa shape index (κ3) is 3.35. The van der Waals surface area contributed by atoms with Gasteiger partial charge in [-0.05, 0) is 31.2 Å². The summed E-state index contributed by atoms with van der Waals surface area (Å²) in [4.78, 5) is 27.6. The number of fused-ring (bicyclic) bond motifs is 1. The monoisotopic (exact) mass is 347 g/mol. The van der Waals surface area contributed by atoms with Gasteiger partial charge in [-0.25, -0.2) is 9.97 Å².